The third-order valence-corrected chi connectivity index (χ3v) is 3.66. The van der Waals surface area contributed by atoms with E-state index in [4.69, 9.17) is 14.2 Å². The number of carbonyl (C=O) groups excluding carboxylic acids is 2. The number of esters is 2. The van der Waals surface area contributed by atoms with E-state index >= 15 is 0 Å². The Morgan fingerprint density at radius 3 is 2.57 bits per heavy atom. The Morgan fingerprint density at radius 1 is 1.22 bits per heavy atom. The molecule has 1 aromatic carbocycles. The molecule has 0 N–H and O–H groups in total. The molecule has 0 bridgehead atoms. The van der Waals surface area contributed by atoms with Crippen LogP contribution in [0.25, 0.3) is 0 Å². The summed E-state index contributed by atoms with van der Waals surface area (Å²) in [5.41, 5.74) is 0.275. The molecule has 2 unspecified atom stereocenters. The summed E-state index contributed by atoms with van der Waals surface area (Å²) >= 11 is 0. The third-order valence-electron chi connectivity index (χ3n) is 3.66. The molecule has 0 amide bonds. The quantitative estimate of drug-likeness (QED) is 0.619. The number of fused-ring (bicyclic) bond motifs is 1. The van der Waals surface area contributed by atoms with E-state index < -0.39 is 29.7 Å². The molecule has 4 atom stereocenters. The summed E-state index contributed by atoms with van der Waals surface area (Å²) in [7, 11) is 0. The predicted octanol–water partition coefficient (Wildman–Crippen LogP) is 1.48. The van der Waals surface area contributed by atoms with Gasteiger partial charge in [0.25, 0.3) is 0 Å². The molecule has 0 spiro atoms. The normalized spacial score (nSPS) is 28.8. The van der Waals surface area contributed by atoms with Crippen molar-refractivity contribution in [2.45, 2.75) is 51.4 Å². The van der Waals surface area contributed by atoms with Crippen LogP contribution in [0.15, 0.2) is 30.3 Å². The van der Waals surface area contributed by atoms with Gasteiger partial charge in [-0.25, -0.2) is 4.79 Å². The molecule has 3 rings (SSSR count). The molecule has 124 valence electrons. The molecule has 2 heterocycles. The van der Waals surface area contributed by atoms with Gasteiger partial charge in [-0.1, -0.05) is 30.3 Å². The number of carbonyl (C=O) groups is 2. The molecule has 0 aliphatic carbocycles. The molecule has 0 radical (unpaired) electrons. The molecule has 2 aliphatic rings. The van der Waals surface area contributed by atoms with Crippen LogP contribution in [0, 0.1) is 0 Å². The lowest BCUT2D eigenvalue weighted by atomic mass is 10.1. The van der Waals surface area contributed by atoms with Crippen LogP contribution < -0.4 is 0 Å². The van der Waals surface area contributed by atoms with Gasteiger partial charge in [0.1, 0.15) is 24.5 Å². The second-order valence-corrected chi connectivity index (χ2v) is 6.78. The summed E-state index contributed by atoms with van der Waals surface area (Å²) in [6.07, 6.45) is -1.10. The minimum atomic E-state index is -0.920. The Kier molecular flexibility index (Phi) is 4.12. The number of hydrogen-bond donors (Lipinski definition) is 0. The fourth-order valence-corrected chi connectivity index (χ4v) is 2.58. The first-order chi connectivity index (χ1) is 10.8. The van der Waals surface area contributed by atoms with E-state index in [-0.39, 0.29) is 12.8 Å². The smallest absolute Gasteiger partial charge is 0.338 e. The highest BCUT2D eigenvalue weighted by Crippen LogP contribution is 2.36. The average Bonchev–Trinajstić information content (AvgIpc) is 3.14. The van der Waals surface area contributed by atoms with Gasteiger partial charge < -0.3 is 14.2 Å². The monoisotopic (exact) mass is 319 g/mol. The van der Waals surface area contributed by atoms with Crippen LogP contribution in [0.2, 0.25) is 0 Å². The molecule has 0 aromatic heterocycles. The minimum absolute atomic E-state index is 0.176. The highest BCUT2D eigenvalue weighted by Gasteiger charge is 2.59. The van der Waals surface area contributed by atoms with E-state index in [1.807, 2.05) is 35.2 Å². The summed E-state index contributed by atoms with van der Waals surface area (Å²) in [4.78, 5) is 26.4. The van der Waals surface area contributed by atoms with Crippen molar-refractivity contribution in [2.75, 3.05) is 6.54 Å². The lowest BCUT2D eigenvalue weighted by molar-refractivity contribution is -0.172. The predicted molar refractivity (Wildman–Crippen MR) is 81.2 cm³/mol. The zero-order valence-electron chi connectivity index (χ0n) is 13.5. The van der Waals surface area contributed by atoms with Crippen molar-refractivity contribution >= 4 is 11.9 Å². The first-order valence-electron chi connectivity index (χ1n) is 7.70. The SMILES string of the molecule is CC(C)(C)OC(=O)C1O[C@@H]2CN2[C@@H]1C(=O)OCc1ccccc1. The molecular weight excluding hydrogens is 298 g/mol. The molecule has 6 nitrogen and oxygen atoms in total. The minimum Gasteiger partial charge on any atom is -0.460 e. The Bertz CT molecular complexity index is 595. The lowest BCUT2D eigenvalue weighted by Gasteiger charge is -2.24. The number of benzene rings is 1. The topological polar surface area (TPSA) is 64.8 Å². The van der Waals surface area contributed by atoms with Crippen LogP contribution in [-0.4, -0.2) is 47.4 Å². The zero-order valence-corrected chi connectivity index (χ0v) is 13.5. The molecule has 23 heavy (non-hydrogen) atoms. The van der Waals surface area contributed by atoms with Crippen molar-refractivity contribution in [3.63, 3.8) is 0 Å². The van der Waals surface area contributed by atoms with Gasteiger partial charge in [0.15, 0.2) is 6.10 Å². The maximum atomic E-state index is 12.4. The van der Waals surface area contributed by atoms with Crippen molar-refractivity contribution in [3.8, 4) is 0 Å². The summed E-state index contributed by atoms with van der Waals surface area (Å²) in [6.45, 7) is 6.16. The van der Waals surface area contributed by atoms with E-state index in [1.54, 1.807) is 20.8 Å². The molecule has 2 saturated heterocycles. The number of morpholine rings is 1. The number of ether oxygens (including phenoxy) is 3. The van der Waals surface area contributed by atoms with Gasteiger partial charge in [-0.05, 0) is 26.3 Å². The largest absolute Gasteiger partial charge is 0.460 e. The Balaban J connectivity index is 1.62. The van der Waals surface area contributed by atoms with Crippen molar-refractivity contribution in [1.29, 1.82) is 0 Å². The highest BCUT2D eigenvalue weighted by atomic mass is 16.6. The van der Waals surface area contributed by atoms with Crippen LogP contribution in [0.5, 0.6) is 0 Å². The van der Waals surface area contributed by atoms with Gasteiger partial charge in [0.2, 0.25) is 0 Å². The van der Waals surface area contributed by atoms with E-state index in [0.717, 1.165) is 5.56 Å². The Morgan fingerprint density at radius 2 is 1.91 bits per heavy atom. The van der Waals surface area contributed by atoms with Crippen LogP contribution in [-0.2, 0) is 30.4 Å². The van der Waals surface area contributed by atoms with Crippen LogP contribution in [0.4, 0.5) is 0 Å². The molecular formula is C17H21NO5. The third kappa shape index (κ3) is 3.71. The van der Waals surface area contributed by atoms with Crippen molar-refractivity contribution in [3.05, 3.63) is 35.9 Å². The maximum Gasteiger partial charge on any atom is 0.338 e. The Hall–Kier alpha value is -1.92. The number of nitrogens with zero attached hydrogens (tertiary/aromatic N) is 1. The highest BCUT2D eigenvalue weighted by molar-refractivity contribution is 5.87. The molecule has 2 aliphatic heterocycles. The fourth-order valence-electron chi connectivity index (χ4n) is 2.58. The first kappa shape index (κ1) is 16.0. The summed E-state index contributed by atoms with van der Waals surface area (Å²) in [5.74, 6) is -0.976. The van der Waals surface area contributed by atoms with Crippen molar-refractivity contribution in [1.82, 2.24) is 4.90 Å². The van der Waals surface area contributed by atoms with Gasteiger partial charge in [0, 0.05) is 6.54 Å². The van der Waals surface area contributed by atoms with E-state index in [0.29, 0.717) is 6.54 Å². The maximum absolute atomic E-state index is 12.4. The van der Waals surface area contributed by atoms with E-state index in [9.17, 15) is 9.59 Å². The van der Waals surface area contributed by atoms with Crippen molar-refractivity contribution in [2.24, 2.45) is 0 Å². The molecule has 0 saturated carbocycles. The number of rotatable bonds is 4. The van der Waals surface area contributed by atoms with Gasteiger partial charge in [-0.2, -0.15) is 0 Å². The lowest BCUT2D eigenvalue weighted by Crippen LogP contribution is -2.45. The van der Waals surface area contributed by atoms with Gasteiger partial charge in [0.05, 0.1) is 0 Å². The molecule has 6 heteroatoms. The second kappa shape index (κ2) is 5.94. The van der Waals surface area contributed by atoms with Gasteiger partial charge in [-0.15, -0.1) is 0 Å². The zero-order chi connectivity index (χ0) is 16.6. The van der Waals surface area contributed by atoms with Crippen molar-refractivity contribution < 1.29 is 23.8 Å². The van der Waals surface area contributed by atoms with Crippen LogP contribution in [0.1, 0.15) is 26.3 Å². The fraction of sp³-hybridized carbons (Fsp3) is 0.529. The Labute approximate surface area is 135 Å². The summed E-state index contributed by atoms with van der Waals surface area (Å²) in [6, 6.07) is 8.69. The summed E-state index contributed by atoms with van der Waals surface area (Å²) < 4.78 is 16.3. The molecule has 1 aromatic rings. The first-order valence-corrected chi connectivity index (χ1v) is 7.70. The standard InChI is InChI=1S/C17H21NO5/c1-17(2,3)23-16(20)14-13(18-9-12(18)22-14)15(19)21-10-11-7-5-4-6-8-11/h4-8,12-14H,9-10H2,1-3H3/t12-,13+,14?,18?/m1/s1. The van der Waals surface area contributed by atoms with Gasteiger partial charge >= 0.3 is 11.9 Å². The average molecular weight is 319 g/mol. The van der Waals surface area contributed by atoms with Gasteiger partial charge in [-0.3, -0.25) is 9.69 Å². The molecule has 2 fully saturated rings. The summed E-state index contributed by atoms with van der Waals surface area (Å²) in [5, 5.41) is 0. The van der Waals surface area contributed by atoms with E-state index in [2.05, 4.69) is 0 Å². The number of hydrogen-bond acceptors (Lipinski definition) is 6. The van der Waals surface area contributed by atoms with Crippen LogP contribution in [0.3, 0.4) is 0 Å². The van der Waals surface area contributed by atoms with E-state index in [1.165, 1.54) is 0 Å². The van der Waals surface area contributed by atoms with Crippen LogP contribution >= 0.6 is 0 Å². The second-order valence-electron chi connectivity index (χ2n) is 6.78.